The molecular weight excluding hydrogens is 352 g/mol. The summed E-state index contributed by atoms with van der Waals surface area (Å²) in [6, 6.07) is 13.0. The van der Waals surface area contributed by atoms with Gasteiger partial charge in [-0.25, -0.2) is 4.98 Å². The van der Waals surface area contributed by atoms with E-state index in [0.29, 0.717) is 43.3 Å². The lowest BCUT2D eigenvalue weighted by molar-refractivity contribution is -0.121. The number of hydrogen-bond acceptors (Lipinski definition) is 4. The standard InChI is InChI=1S/C20H21ClN2O3/c1-14-5-10-18-17(13-14)23-20(26-18)4-2-3-19(24)22-11-12-25-16-8-6-15(21)7-9-16/h5-10,13H,2-4,11-12H2,1H3,(H,22,24). The number of oxazole rings is 1. The molecule has 0 aliphatic carbocycles. The highest BCUT2D eigenvalue weighted by atomic mass is 35.5. The lowest BCUT2D eigenvalue weighted by Crippen LogP contribution is -2.27. The number of nitrogens with one attached hydrogen (secondary N) is 1. The van der Waals surface area contributed by atoms with E-state index in [9.17, 15) is 4.79 Å². The van der Waals surface area contributed by atoms with Crippen LogP contribution in [0.1, 0.15) is 24.3 Å². The summed E-state index contributed by atoms with van der Waals surface area (Å²) < 4.78 is 11.2. The van der Waals surface area contributed by atoms with E-state index in [1.807, 2.05) is 25.1 Å². The second-order valence-corrected chi connectivity index (χ2v) is 6.52. The van der Waals surface area contributed by atoms with Gasteiger partial charge in [0.1, 0.15) is 17.9 Å². The second kappa shape index (κ2) is 8.72. The molecule has 0 aliphatic heterocycles. The summed E-state index contributed by atoms with van der Waals surface area (Å²) in [4.78, 5) is 16.3. The van der Waals surface area contributed by atoms with Crippen molar-refractivity contribution in [2.24, 2.45) is 0 Å². The van der Waals surface area contributed by atoms with Crippen LogP contribution in [-0.4, -0.2) is 24.0 Å². The fourth-order valence-electron chi connectivity index (χ4n) is 2.57. The van der Waals surface area contributed by atoms with Crippen LogP contribution in [0.5, 0.6) is 5.75 Å². The first-order chi connectivity index (χ1) is 12.6. The summed E-state index contributed by atoms with van der Waals surface area (Å²) in [5.41, 5.74) is 2.80. The van der Waals surface area contributed by atoms with Crippen molar-refractivity contribution in [1.29, 1.82) is 0 Å². The largest absolute Gasteiger partial charge is 0.492 e. The topological polar surface area (TPSA) is 64.4 Å². The molecule has 1 heterocycles. The summed E-state index contributed by atoms with van der Waals surface area (Å²) in [6.45, 7) is 2.90. The van der Waals surface area contributed by atoms with Gasteiger partial charge >= 0.3 is 0 Å². The maximum atomic E-state index is 11.9. The summed E-state index contributed by atoms with van der Waals surface area (Å²) in [6.07, 6.45) is 1.76. The first kappa shape index (κ1) is 18.3. The fraction of sp³-hybridized carbons (Fsp3) is 0.300. The summed E-state index contributed by atoms with van der Waals surface area (Å²) in [5, 5.41) is 3.51. The van der Waals surface area contributed by atoms with Gasteiger partial charge < -0.3 is 14.5 Å². The molecule has 5 nitrogen and oxygen atoms in total. The van der Waals surface area contributed by atoms with Crippen LogP contribution in [0, 0.1) is 6.92 Å². The number of rotatable bonds is 8. The molecule has 0 saturated heterocycles. The number of nitrogens with zero attached hydrogens (tertiary/aromatic N) is 1. The van der Waals surface area contributed by atoms with Gasteiger partial charge in [-0.3, -0.25) is 4.79 Å². The Balaban J connectivity index is 1.34. The van der Waals surface area contributed by atoms with Crippen molar-refractivity contribution in [2.45, 2.75) is 26.2 Å². The van der Waals surface area contributed by atoms with E-state index in [2.05, 4.69) is 10.3 Å². The highest BCUT2D eigenvalue weighted by Gasteiger charge is 2.07. The van der Waals surface area contributed by atoms with Crippen LogP contribution in [0.15, 0.2) is 46.9 Å². The highest BCUT2D eigenvalue weighted by molar-refractivity contribution is 6.30. The number of carbonyl (C=O) groups is 1. The average molecular weight is 373 g/mol. The van der Waals surface area contributed by atoms with Gasteiger partial charge in [-0.2, -0.15) is 0 Å². The molecule has 0 radical (unpaired) electrons. The van der Waals surface area contributed by atoms with Crippen LogP contribution in [-0.2, 0) is 11.2 Å². The number of fused-ring (bicyclic) bond motifs is 1. The predicted octanol–water partition coefficient (Wildman–Crippen LogP) is 4.31. The van der Waals surface area contributed by atoms with E-state index in [4.69, 9.17) is 20.8 Å². The molecule has 3 aromatic rings. The van der Waals surface area contributed by atoms with Crippen LogP contribution in [0.2, 0.25) is 5.02 Å². The molecule has 136 valence electrons. The lowest BCUT2D eigenvalue weighted by Gasteiger charge is -2.07. The van der Waals surface area contributed by atoms with Crippen molar-refractivity contribution in [2.75, 3.05) is 13.2 Å². The highest BCUT2D eigenvalue weighted by Crippen LogP contribution is 2.18. The first-order valence-corrected chi connectivity index (χ1v) is 8.99. The Bertz CT molecular complexity index is 874. The van der Waals surface area contributed by atoms with Crippen molar-refractivity contribution >= 4 is 28.6 Å². The van der Waals surface area contributed by atoms with E-state index >= 15 is 0 Å². The number of benzene rings is 2. The van der Waals surface area contributed by atoms with Crippen LogP contribution in [0.25, 0.3) is 11.1 Å². The number of amides is 1. The quantitative estimate of drug-likeness (QED) is 0.598. The molecule has 1 amide bonds. The number of carbonyl (C=O) groups excluding carboxylic acids is 1. The molecule has 1 aromatic heterocycles. The second-order valence-electron chi connectivity index (χ2n) is 6.08. The minimum atomic E-state index is -0.00309. The summed E-state index contributed by atoms with van der Waals surface area (Å²) in [5.74, 6) is 1.40. The maximum absolute atomic E-state index is 11.9. The Labute approximate surface area is 157 Å². The van der Waals surface area contributed by atoms with Gasteiger partial charge in [0, 0.05) is 17.9 Å². The zero-order chi connectivity index (χ0) is 18.4. The van der Waals surface area contributed by atoms with Crippen LogP contribution >= 0.6 is 11.6 Å². The van der Waals surface area contributed by atoms with Gasteiger partial charge in [0.05, 0.1) is 6.54 Å². The molecule has 0 fully saturated rings. The molecule has 0 spiro atoms. The molecule has 1 N–H and O–H groups in total. The smallest absolute Gasteiger partial charge is 0.220 e. The van der Waals surface area contributed by atoms with E-state index in [1.54, 1.807) is 24.3 Å². The Hall–Kier alpha value is -2.53. The minimum absolute atomic E-state index is 0.00309. The Morgan fingerprint density at radius 2 is 2.04 bits per heavy atom. The van der Waals surface area contributed by atoms with Crippen molar-refractivity contribution in [3.63, 3.8) is 0 Å². The number of aromatic nitrogens is 1. The van der Waals surface area contributed by atoms with Crippen molar-refractivity contribution < 1.29 is 13.9 Å². The molecule has 0 atom stereocenters. The Morgan fingerprint density at radius 3 is 2.85 bits per heavy atom. The molecule has 0 aliphatic rings. The van der Waals surface area contributed by atoms with Crippen molar-refractivity contribution in [3.8, 4) is 5.75 Å². The Kier molecular flexibility index (Phi) is 6.12. The molecule has 2 aromatic carbocycles. The van der Waals surface area contributed by atoms with Crippen LogP contribution in [0.3, 0.4) is 0 Å². The molecular formula is C20H21ClN2O3. The van der Waals surface area contributed by atoms with E-state index < -0.39 is 0 Å². The summed E-state index contributed by atoms with van der Waals surface area (Å²) in [7, 11) is 0. The average Bonchev–Trinajstić information content (AvgIpc) is 3.02. The van der Waals surface area contributed by atoms with Crippen LogP contribution in [0.4, 0.5) is 0 Å². The van der Waals surface area contributed by atoms with E-state index in [1.165, 1.54) is 0 Å². The fourth-order valence-corrected chi connectivity index (χ4v) is 2.70. The molecule has 26 heavy (non-hydrogen) atoms. The predicted molar refractivity (Wildman–Crippen MR) is 102 cm³/mol. The zero-order valence-corrected chi connectivity index (χ0v) is 15.4. The van der Waals surface area contributed by atoms with Crippen LogP contribution < -0.4 is 10.1 Å². The minimum Gasteiger partial charge on any atom is -0.492 e. The SMILES string of the molecule is Cc1ccc2oc(CCCC(=O)NCCOc3ccc(Cl)cc3)nc2c1. The van der Waals surface area contributed by atoms with Gasteiger partial charge in [-0.1, -0.05) is 17.7 Å². The Morgan fingerprint density at radius 1 is 1.23 bits per heavy atom. The van der Waals surface area contributed by atoms with Gasteiger partial charge in [0.25, 0.3) is 0 Å². The van der Waals surface area contributed by atoms with Gasteiger partial charge in [0.2, 0.25) is 5.91 Å². The summed E-state index contributed by atoms with van der Waals surface area (Å²) >= 11 is 5.81. The van der Waals surface area contributed by atoms with Gasteiger partial charge in [-0.05, 0) is 55.3 Å². The lowest BCUT2D eigenvalue weighted by atomic mass is 10.2. The van der Waals surface area contributed by atoms with Crippen molar-refractivity contribution in [1.82, 2.24) is 10.3 Å². The molecule has 0 unspecified atom stereocenters. The maximum Gasteiger partial charge on any atom is 0.220 e. The third-order valence-electron chi connectivity index (χ3n) is 3.89. The number of aryl methyl sites for hydroxylation is 2. The molecule has 0 saturated carbocycles. The first-order valence-electron chi connectivity index (χ1n) is 8.61. The number of halogens is 1. The van der Waals surface area contributed by atoms with Crippen molar-refractivity contribution in [3.05, 3.63) is 58.9 Å². The third kappa shape index (κ3) is 5.23. The molecule has 6 heteroatoms. The van der Waals surface area contributed by atoms with E-state index in [0.717, 1.165) is 22.4 Å². The van der Waals surface area contributed by atoms with E-state index in [-0.39, 0.29) is 5.91 Å². The van der Waals surface area contributed by atoms with Gasteiger partial charge in [-0.15, -0.1) is 0 Å². The number of ether oxygens (including phenoxy) is 1. The normalized spacial score (nSPS) is 10.8. The monoisotopic (exact) mass is 372 g/mol. The van der Waals surface area contributed by atoms with Gasteiger partial charge in [0.15, 0.2) is 11.5 Å². The third-order valence-corrected chi connectivity index (χ3v) is 4.14. The molecule has 0 bridgehead atoms. The zero-order valence-electron chi connectivity index (χ0n) is 14.6. The molecule has 3 rings (SSSR count). The number of hydrogen-bond donors (Lipinski definition) is 1.